The van der Waals surface area contributed by atoms with Crippen LogP contribution < -0.4 is 15.4 Å². The van der Waals surface area contributed by atoms with E-state index in [1.165, 1.54) is 12.8 Å². The van der Waals surface area contributed by atoms with Crippen LogP contribution in [0.2, 0.25) is 0 Å². The van der Waals surface area contributed by atoms with Crippen LogP contribution in [0.15, 0.2) is 48.8 Å². The van der Waals surface area contributed by atoms with Crippen molar-refractivity contribution < 1.29 is 14.3 Å². The van der Waals surface area contributed by atoms with E-state index in [-0.39, 0.29) is 18.4 Å². The first kappa shape index (κ1) is 19.2. The standard InChI is InChI=1S/C21H27N3O3/c1-26-21(25)14-20(22)17-2-4-19(5-3-17)27-15-16-8-12-24(13-9-16)18-6-10-23-11-7-18/h2-7,10-11,16,20H,8-9,12-15,22H2,1H3. The highest BCUT2D eigenvalue weighted by Gasteiger charge is 2.20. The molecule has 0 bridgehead atoms. The van der Waals surface area contributed by atoms with Crippen molar-refractivity contribution in [3.05, 3.63) is 54.4 Å². The van der Waals surface area contributed by atoms with E-state index in [0.717, 1.165) is 43.9 Å². The Bertz CT molecular complexity index is 713. The molecule has 0 radical (unpaired) electrons. The van der Waals surface area contributed by atoms with Crippen LogP contribution in [0.1, 0.15) is 30.9 Å². The molecule has 1 saturated heterocycles. The number of anilines is 1. The summed E-state index contributed by atoms with van der Waals surface area (Å²) in [5.41, 5.74) is 8.16. The third kappa shape index (κ3) is 5.44. The smallest absolute Gasteiger partial charge is 0.307 e. The van der Waals surface area contributed by atoms with E-state index in [1.807, 2.05) is 36.7 Å². The molecule has 1 atom stereocenters. The van der Waals surface area contributed by atoms with Gasteiger partial charge in [-0.15, -0.1) is 0 Å². The second-order valence-electron chi connectivity index (χ2n) is 6.90. The number of nitrogens with two attached hydrogens (primary N) is 1. The van der Waals surface area contributed by atoms with Gasteiger partial charge < -0.3 is 20.1 Å². The zero-order valence-electron chi connectivity index (χ0n) is 15.7. The molecule has 27 heavy (non-hydrogen) atoms. The fraction of sp³-hybridized carbons (Fsp3) is 0.429. The summed E-state index contributed by atoms with van der Waals surface area (Å²) in [4.78, 5) is 17.8. The average Bonchev–Trinajstić information content (AvgIpc) is 2.73. The number of hydrogen-bond donors (Lipinski definition) is 1. The summed E-state index contributed by atoms with van der Waals surface area (Å²) in [6.07, 6.45) is 6.08. The molecule has 144 valence electrons. The predicted octanol–water partition coefficient (Wildman–Crippen LogP) is 2.94. The Labute approximate surface area is 160 Å². The van der Waals surface area contributed by atoms with Crippen molar-refractivity contribution >= 4 is 11.7 Å². The highest BCUT2D eigenvalue weighted by Crippen LogP contribution is 2.24. The van der Waals surface area contributed by atoms with E-state index < -0.39 is 0 Å². The molecule has 6 heteroatoms. The summed E-state index contributed by atoms with van der Waals surface area (Å²) in [7, 11) is 1.37. The van der Waals surface area contributed by atoms with Crippen molar-refractivity contribution in [2.75, 3.05) is 31.7 Å². The van der Waals surface area contributed by atoms with Gasteiger partial charge in [0.1, 0.15) is 5.75 Å². The van der Waals surface area contributed by atoms with Gasteiger partial charge >= 0.3 is 5.97 Å². The summed E-state index contributed by atoms with van der Waals surface area (Å²) in [5, 5.41) is 0. The monoisotopic (exact) mass is 369 g/mol. The fourth-order valence-corrected chi connectivity index (χ4v) is 3.32. The number of piperidine rings is 1. The largest absolute Gasteiger partial charge is 0.493 e. The van der Waals surface area contributed by atoms with Gasteiger partial charge in [0.15, 0.2) is 0 Å². The first-order valence-corrected chi connectivity index (χ1v) is 9.36. The van der Waals surface area contributed by atoms with Gasteiger partial charge in [0.05, 0.1) is 20.1 Å². The molecule has 1 aliphatic rings. The molecule has 0 saturated carbocycles. The number of rotatable bonds is 7. The molecule has 2 N–H and O–H groups in total. The first-order chi connectivity index (χ1) is 13.2. The summed E-state index contributed by atoms with van der Waals surface area (Å²) >= 11 is 0. The maximum atomic E-state index is 11.3. The van der Waals surface area contributed by atoms with Crippen molar-refractivity contribution in [3.8, 4) is 5.75 Å². The van der Waals surface area contributed by atoms with Gasteiger partial charge in [-0.3, -0.25) is 9.78 Å². The molecule has 1 aromatic carbocycles. The molecule has 6 nitrogen and oxygen atoms in total. The minimum atomic E-state index is -0.357. The molecule has 1 unspecified atom stereocenters. The number of pyridine rings is 1. The van der Waals surface area contributed by atoms with E-state index in [2.05, 4.69) is 26.8 Å². The molecule has 1 fully saturated rings. The highest BCUT2D eigenvalue weighted by molar-refractivity contribution is 5.70. The van der Waals surface area contributed by atoms with Gasteiger partial charge in [0.25, 0.3) is 0 Å². The number of ether oxygens (including phenoxy) is 2. The van der Waals surface area contributed by atoms with Crippen molar-refractivity contribution in [1.82, 2.24) is 4.98 Å². The van der Waals surface area contributed by atoms with E-state index in [0.29, 0.717) is 5.92 Å². The van der Waals surface area contributed by atoms with Crippen LogP contribution in [-0.4, -0.2) is 37.8 Å². The predicted molar refractivity (Wildman–Crippen MR) is 105 cm³/mol. The Kier molecular flexibility index (Phi) is 6.65. The summed E-state index contributed by atoms with van der Waals surface area (Å²) in [6, 6.07) is 11.4. The maximum absolute atomic E-state index is 11.3. The number of carbonyl (C=O) groups is 1. The van der Waals surface area contributed by atoms with Crippen LogP contribution >= 0.6 is 0 Å². The minimum absolute atomic E-state index is 0.173. The lowest BCUT2D eigenvalue weighted by molar-refractivity contribution is -0.141. The van der Waals surface area contributed by atoms with Crippen LogP contribution in [0.5, 0.6) is 5.75 Å². The highest BCUT2D eigenvalue weighted by atomic mass is 16.5. The normalized spacial score (nSPS) is 16.0. The van der Waals surface area contributed by atoms with Crippen LogP contribution in [-0.2, 0) is 9.53 Å². The Morgan fingerprint density at radius 2 is 1.85 bits per heavy atom. The maximum Gasteiger partial charge on any atom is 0.307 e. The Hall–Kier alpha value is -2.60. The third-order valence-electron chi connectivity index (χ3n) is 5.05. The van der Waals surface area contributed by atoms with Gasteiger partial charge in [-0.25, -0.2) is 0 Å². The second-order valence-corrected chi connectivity index (χ2v) is 6.90. The molecular weight excluding hydrogens is 342 g/mol. The molecule has 3 rings (SSSR count). The Morgan fingerprint density at radius 1 is 1.19 bits per heavy atom. The van der Waals surface area contributed by atoms with Crippen molar-refractivity contribution in [3.63, 3.8) is 0 Å². The molecular formula is C21H27N3O3. The summed E-state index contributed by atoms with van der Waals surface area (Å²) in [6.45, 7) is 2.80. The molecule has 2 heterocycles. The van der Waals surface area contributed by atoms with Crippen LogP contribution in [0.3, 0.4) is 0 Å². The lowest BCUT2D eigenvalue weighted by Crippen LogP contribution is -2.35. The van der Waals surface area contributed by atoms with Gasteiger partial charge in [-0.05, 0) is 48.6 Å². The van der Waals surface area contributed by atoms with Gasteiger partial charge in [0, 0.05) is 37.2 Å². The molecule has 1 aliphatic heterocycles. The quantitative estimate of drug-likeness (QED) is 0.756. The zero-order chi connectivity index (χ0) is 19.1. The molecule has 0 amide bonds. The number of benzene rings is 1. The van der Waals surface area contributed by atoms with Crippen LogP contribution in [0, 0.1) is 5.92 Å². The lowest BCUT2D eigenvalue weighted by Gasteiger charge is -2.33. The van der Waals surface area contributed by atoms with E-state index in [9.17, 15) is 4.79 Å². The van der Waals surface area contributed by atoms with Crippen molar-refractivity contribution in [2.45, 2.75) is 25.3 Å². The zero-order valence-corrected chi connectivity index (χ0v) is 15.7. The molecule has 0 aliphatic carbocycles. The first-order valence-electron chi connectivity index (χ1n) is 9.36. The SMILES string of the molecule is COC(=O)CC(N)c1ccc(OCC2CCN(c3ccncc3)CC2)cc1. The van der Waals surface area contributed by atoms with Crippen molar-refractivity contribution in [2.24, 2.45) is 11.7 Å². The van der Waals surface area contributed by atoms with Gasteiger partial charge in [-0.2, -0.15) is 0 Å². The summed E-state index contributed by atoms with van der Waals surface area (Å²) in [5.74, 6) is 1.09. The number of hydrogen-bond acceptors (Lipinski definition) is 6. The van der Waals surface area contributed by atoms with Gasteiger partial charge in [0.2, 0.25) is 0 Å². The number of nitrogens with zero attached hydrogens (tertiary/aromatic N) is 2. The average molecular weight is 369 g/mol. The number of aromatic nitrogens is 1. The third-order valence-corrected chi connectivity index (χ3v) is 5.05. The van der Waals surface area contributed by atoms with E-state index >= 15 is 0 Å². The van der Waals surface area contributed by atoms with Gasteiger partial charge in [-0.1, -0.05) is 12.1 Å². The Balaban J connectivity index is 1.43. The van der Waals surface area contributed by atoms with Crippen LogP contribution in [0.25, 0.3) is 0 Å². The number of esters is 1. The molecule has 0 spiro atoms. The molecule has 1 aromatic heterocycles. The second kappa shape index (κ2) is 9.37. The molecule has 2 aromatic rings. The van der Waals surface area contributed by atoms with Crippen molar-refractivity contribution in [1.29, 1.82) is 0 Å². The van der Waals surface area contributed by atoms with E-state index in [1.54, 1.807) is 0 Å². The van der Waals surface area contributed by atoms with Crippen LogP contribution in [0.4, 0.5) is 5.69 Å². The van der Waals surface area contributed by atoms with E-state index in [4.69, 9.17) is 10.5 Å². The minimum Gasteiger partial charge on any atom is -0.493 e. The summed E-state index contributed by atoms with van der Waals surface area (Å²) < 4.78 is 10.6. The number of carbonyl (C=O) groups excluding carboxylic acids is 1. The topological polar surface area (TPSA) is 77.7 Å². The Morgan fingerprint density at radius 3 is 2.48 bits per heavy atom. The fourth-order valence-electron chi connectivity index (χ4n) is 3.32. The number of methoxy groups -OCH3 is 1. The lowest BCUT2D eigenvalue weighted by atomic mass is 9.97.